The van der Waals surface area contributed by atoms with Crippen molar-refractivity contribution in [2.24, 2.45) is 5.73 Å². The molecular weight excluding hydrogens is 294 g/mol. The Hall–Kier alpha value is -1.60. The summed E-state index contributed by atoms with van der Waals surface area (Å²) in [6.45, 7) is 0. The summed E-state index contributed by atoms with van der Waals surface area (Å²) < 4.78 is 56.2. The molecule has 20 heavy (non-hydrogen) atoms. The second-order valence-electron chi connectivity index (χ2n) is 4.10. The molecule has 1 aromatic carbocycles. The summed E-state index contributed by atoms with van der Waals surface area (Å²) in [5.74, 6) is -0.726. The number of ether oxygens (including phenoxy) is 1. The molecule has 0 saturated heterocycles. The van der Waals surface area contributed by atoms with Crippen molar-refractivity contribution in [1.82, 2.24) is 0 Å². The molecule has 0 radical (unpaired) electrons. The molecule has 0 spiro atoms. The van der Waals surface area contributed by atoms with E-state index in [1.165, 1.54) is 24.5 Å². The highest BCUT2D eigenvalue weighted by Gasteiger charge is 2.34. The van der Waals surface area contributed by atoms with Gasteiger partial charge in [0.15, 0.2) is 0 Å². The zero-order valence-corrected chi connectivity index (χ0v) is 11.2. The van der Waals surface area contributed by atoms with Crippen molar-refractivity contribution in [1.29, 1.82) is 0 Å². The van der Waals surface area contributed by atoms with E-state index in [1.807, 2.05) is 0 Å². The lowest BCUT2D eigenvalue weighted by Crippen LogP contribution is -2.14. The number of hydrogen-bond acceptors (Lipinski definition) is 3. The zero-order valence-electron chi connectivity index (χ0n) is 10.4. The molecule has 2 N–H and O–H groups in total. The topological polar surface area (TPSA) is 35.2 Å². The van der Waals surface area contributed by atoms with E-state index < -0.39 is 23.6 Å². The molecular formula is C13H11F4NOS. The molecule has 2 aromatic rings. The summed E-state index contributed by atoms with van der Waals surface area (Å²) >= 11 is 1.27. The third kappa shape index (κ3) is 2.94. The highest BCUT2D eigenvalue weighted by atomic mass is 32.1. The Labute approximate surface area is 116 Å². The lowest BCUT2D eigenvalue weighted by molar-refractivity contribution is -0.140. The molecule has 2 rings (SSSR count). The van der Waals surface area contributed by atoms with E-state index in [0.29, 0.717) is 10.6 Å². The first-order valence-corrected chi connectivity index (χ1v) is 6.45. The summed E-state index contributed by atoms with van der Waals surface area (Å²) in [5.41, 5.74) is 4.80. The van der Waals surface area contributed by atoms with Crippen molar-refractivity contribution >= 4 is 11.3 Å². The number of alkyl halides is 3. The first-order chi connectivity index (χ1) is 9.32. The Kier molecular flexibility index (Phi) is 4.01. The van der Waals surface area contributed by atoms with Crippen LogP contribution in [0.25, 0.3) is 0 Å². The van der Waals surface area contributed by atoms with E-state index in [2.05, 4.69) is 0 Å². The Morgan fingerprint density at radius 2 is 1.95 bits per heavy atom. The molecule has 1 aromatic heterocycles. The van der Waals surface area contributed by atoms with Crippen LogP contribution in [0, 0.1) is 5.82 Å². The maximum absolute atomic E-state index is 13.2. The van der Waals surface area contributed by atoms with Gasteiger partial charge in [-0.3, -0.25) is 0 Å². The monoisotopic (exact) mass is 305 g/mol. The normalized spacial score (nSPS) is 13.3. The third-order valence-electron chi connectivity index (χ3n) is 2.79. The molecule has 0 bridgehead atoms. The minimum absolute atomic E-state index is 0.197. The molecule has 1 unspecified atom stereocenters. The fraction of sp³-hybridized carbons (Fsp3) is 0.231. The van der Waals surface area contributed by atoms with Crippen LogP contribution >= 0.6 is 11.3 Å². The molecule has 0 aliphatic rings. The summed E-state index contributed by atoms with van der Waals surface area (Å²) in [4.78, 5) is 0.640. The number of rotatable bonds is 3. The molecule has 1 heterocycles. The molecule has 0 aliphatic carbocycles. The maximum atomic E-state index is 13.2. The predicted molar refractivity (Wildman–Crippen MR) is 68.3 cm³/mol. The van der Waals surface area contributed by atoms with Crippen LogP contribution in [0.3, 0.4) is 0 Å². The van der Waals surface area contributed by atoms with Crippen LogP contribution < -0.4 is 10.5 Å². The SMILES string of the molecule is COc1csc(C(N)c2ccc(F)c(C(F)(F)F)c2)c1. The summed E-state index contributed by atoms with van der Waals surface area (Å²) in [7, 11) is 1.48. The van der Waals surface area contributed by atoms with Crippen molar-refractivity contribution in [3.8, 4) is 5.75 Å². The fourth-order valence-electron chi connectivity index (χ4n) is 1.72. The first-order valence-electron chi connectivity index (χ1n) is 5.57. The first kappa shape index (κ1) is 14.8. The van der Waals surface area contributed by atoms with Crippen molar-refractivity contribution in [3.63, 3.8) is 0 Å². The van der Waals surface area contributed by atoms with Crippen LogP contribution in [0.4, 0.5) is 17.6 Å². The molecule has 2 nitrogen and oxygen atoms in total. The third-order valence-corrected chi connectivity index (χ3v) is 3.79. The van der Waals surface area contributed by atoms with Crippen LogP contribution in [-0.2, 0) is 6.18 Å². The summed E-state index contributed by atoms with van der Waals surface area (Å²) in [6.07, 6.45) is -4.74. The highest BCUT2D eigenvalue weighted by Crippen LogP contribution is 2.35. The van der Waals surface area contributed by atoms with Gasteiger partial charge in [-0.2, -0.15) is 13.2 Å². The van der Waals surface area contributed by atoms with Gasteiger partial charge < -0.3 is 10.5 Å². The van der Waals surface area contributed by atoms with Crippen LogP contribution in [-0.4, -0.2) is 7.11 Å². The van der Waals surface area contributed by atoms with Gasteiger partial charge in [0.2, 0.25) is 0 Å². The second-order valence-corrected chi connectivity index (χ2v) is 5.05. The number of thiophene rings is 1. The fourth-order valence-corrected chi connectivity index (χ4v) is 2.61. The molecule has 108 valence electrons. The predicted octanol–water partition coefficient (Wildman–Crippen LogP) is 3.96. The standard InChI is InChI=1S/C13H11F4NOS/c1-19-8-5-11(20-6-8)12(18)7-2-3-10(14)9(4-7)13(15,16)17/h2-6,12H,18H2,1H3. The molecule has 1 atom stereocenters. The minimum Gasteiger partial charge on any atom is -0.496 e. The number of halogens is 4. The van der Waals surface area contributed by atoms with E-state index in [9.17, 15) is 17.6 Å². The van der Waals surface area contributed by atoms with E-state index in [-0.39, 0.29) is 5.56 Å². The van der Waals surface area contributed by atoms with E-state index in [1.54, 1.807) is 11.4 Å². The van der Waals surface area contributed by atoms with Crippen molar-refractivity contribution in [3.05, 3.63) is 51.5 Å². The molecule has 0 saturated carbocycles. The van der Waals surface area contributed by atoms with Crippen LogP contribution in [0.1, 0.15) is 22.0 Å². The smallest absolute Gasteiger partial charge is 0.419 e. The quantitative estimate of drug-likeness (QED) is 0.871. The molecule has 0 fully saturated rings. The van der Waals surface area contributed by atoms with Gasteiger partial charge in [0.05, 0.1) is 18.7 Å². The highest BCUT2D eigenvalue weighted by molar-refractivity contribution is 7.10. The Balaban J connectivity index is 2.37. The Bertz CT molecular complexity index is 609. The van der Waals surface area contributed by atoms with Gasteiger partial charge in [-0.1, -0.05) is 6.07 Å². The summed E-state index contributed by atoms with van der Waals surface area (Å²) in [6, 6.07) is 3.66. The largest absolute Gasteiger partial charge is 0.496 e. The van der Waals surface area contributed by atoms with Gasteiger partial charge in [-0.25, -0.2) is 4.39 Å². The Morgan fingerprint density at radius 3 is 2.50 bits per heavy atom. The maximum Gasteiger partial charge on any atom is 0.419 e. The van der Waals surface area contributed by atoms with Crippen LogP contribution in [0.15, 0.2) is 29.6 Å². The Morgan fingerprint density at radius 1 is 1.25 bits per heavy atom. The molecule has 7 heteroatoms. The second kappa shape index (κ2) is 5.41. The van der Waals surface area contributed by atoms with Gasteiger partial charge in [0.1, 0.15) is 11.6 Å². The average molecular weight is 305 g/mol. The van der Waals surface area contributed by atoms with Crippen LogP contribution in [0.5, 0.6) is 5.75 Å². The van der Waals surface area contributed by atoms with E-state index in [0.717, 1.165) is 12.1 Å². The van der Waals surface area contributed by atoms with Crippen LogP contribution in [0.2, 0.25) is 0 Å². The lowest BCUT2D eigenvalue weighted by atomic mass is 10.0. The zero-order chi connectivity index (χ0) is 14.9. The van der Waals surface area contributed by atoms with Gasteiger partial charge in [0, 0.05) is 10.3 Å². The number of methoxy groups -OCH3 is 1. The van der Waals surface area contributed by atoms with Gasteiger partial charge >= 0.3 is 6.18 Å². The number of nitrogens with two attached hydrogens (primary N) is 1. The van der Waals surface area contributed by atoms with Crippen molar-refractivity contribution in [2.75, 3.05) is 7.11 Å². The number of hydrogen-bond donors (Lipinski definition) is 1. The van der Waals surface area contributed by atoms with Gasteiger partial charge in [-0.05, 0) is 23.8 Å². The average Bonchev–Trinajstić information content (AvgIpc) is 2.86. The van der Waals surface area contributed by atoms with Gasteiger partial charge in [-0.15, -0.1) is 11.3 Å². The van der Waals surface area contributed by atoms with Gasteiger partial charge in [0.25, 0.3) is 0 Å². The minimum atomic E-state index is -4.74. The van der Waals surface area contributed by atoms with Crippen molar-refractivity contribution < 1.29 is 22.3 Å². The van der Waals surface area contributed by atoms with Crippen molar-refractivity contribution in [2.45, 2.75) is 12.2 Å². The summed E-state index contributed by atoms with van der Waals surface area (Å²) in [5, 5.41) is 1.70. The van der Waals surface area contributed by atoms with E-state index >= 15 is 0 Å². The molecule has 0 amide bonds. The number of benzene rings is 1. The lowest BCUT2D eigenvalue weighted by Gasteiger charge is -2.14. The van der Waals surface area contributed by atoms with E-state index in [4.69, 9.17) is 10.5 Å². The molecule has 0 aliphatic heterocycles.